The molecule has 1 aromatic carbocycles. The van der Waals surface area contributed by atoms with Crippen molar-refractivity contribution in [2.45, 2.75) is 12.8 Å². The zero-order chi connectivity index (χ0) is 15.5. The van der Waals surface area contributed by atoms with Gasteiger partial charge in [0.15, 0.2) is 0 Å². The third-order valence-corrected chi connectivity index (χ3v) is 2.44. The lowest BCUT2D eigenvalue weighted by Crippen LogP contribution is -2.17. The second-order valence-corrected chi connectivity index (χ2v) is 4.05. The average molecular weight is 287 g/mol. The third kappa shape index (κ3) is 6.31. The Morgan fingerprint density at radius 1 is 1.33 bits per heavy atom. The molecule has 0 saturated carbocycles. The van der Waals surface area contributed by atoms with Crippen molar-refractivity contribution in [3.05, 3.63) is 54.1 Å². The van der Waals surface area contributed by atoms with Gasteiger partial charge in [-0.3, -0.25) is 14.8 Å². The summed E-state index contributed by atoms with van der Waals surface area (Å²) in [6, 6.07) is 6.66. The predicted molar refractivity (Wildman–Crippen MR) is 80.8 cm³/mol. The van der Waals surface area contributed by atoms with Crippen LogP contribution < -0.4 is 10.9 Å². The zero-order valence-electron chi connectivity index (χ0n) is 11.5. The van der Waals surface area contributed by atoms with Crippen LogP contribution in [0.15, 0.2) is 48.1 Å². The van der Waals surface area contributed by atoms with E-state index in [1.165, 1.54) is 11.6 Å². The summed E-state index contributed by atoms with van der Waals surface area (Å²) >= 11 is 0. The molecule has 0 radical (unpaired) electrons. The molecule has 0 aliphatic carbocycles. The van der Waals surface area contributed by atoms with Crippen LogP contribution in [0.3, 0.4) is 0 Å². The van der Waals surface area contributed by atoms with Gasteiger partial charge in [-0.1, -0.05) is 18.2 Å². The molecule has 0 bridgehead atoms. The molecule has 0 saturated heterocycles. The second-order valence-electron chi connectivity index (χ2n) is 4.05. The molecule has 0 heterocycles. The lowest BCUT2D eigenvalue weighted by atomic mass is 10.1. The summed E-state index contributed by atoms with van der Waals surface area (Å²) in [4.78, 5) is 22.7. The molecule has 0 spiro atoms. The maximum atomic E-state index is 11.8. The predicted octanol–water partition coefficient (Wildman–Crippen LogP) is 1.89. The lowest BCUT2D eigenvalue weighted by molar-refractivity contribution is -0.124. The number of hydrogen-bond acceptors (Lipinski definition) is 4. The van der Waals surface area contributed by atoms with Gasteiger partial charge in [0.05, 0.1) is 0 Å². The summed E-state index contributed by atoms with van der Waals surface area (Å²) in [6.07, 6.45) is 7.52. The quantitative estimate of drug-likeness (QED) is 0.179. The summed E-state index contributed by atoms with van der Waals surface area (Å²) in [5.74, 6) is -0.983. The number of allylic oxidation sites excluding steroid dienone is 1. The van der Waals surface area contributed by atoms with Crippen LogP contribution in [0.2, 0.25) is 0 Å². The van der Waals surface area contributed by atoms with E-state index in [0.29, 0.717) is 17.5 Å². The summed E-state index contributed by atoms with van der Waals surface area (Å²) in [5.41, 5.74) is 4.97. The Morgan fingerprint density at radius 3 is 2.86 bits per heavy atom. The number of unbranched alkanes of at least 4 members (excludes halogenated alkanes) is 1. The fourth-order valence-corrected chi connectivity index (χ4v) is 1.42. The number of amides is 2. The van der Waals surface area contributed by atoms with Gasteiger partial charge in [0.25, 0.3) is 11.8 Å². The molecule has 0 aliphatic heterocycles. The Kier molecular flexibility index (Phi) is 7.17. The highest BCUT2D eigenvalue weighted by molar-refractivity contribution is 5.95. The smallest absolute Gasteiger partial charge is 0.271 e. The highest BCUT2D eigenvalue weighted by Crippen LogP contribution is 2.07. The lowest BCUT2D eigenvalue weighted by Gasteiger charge is -2.01. The number of carbonyl (C=O) groups is 2. The van der Waals surface area contributed by atoms with Gasteiger partial charge in [-0.15, -0.1) is 6.58 Å². The Balaban J connectivity index is 2.64. The van der Waals surface area contributed by atoms with Crippen molar-refractivity contribution in [2.24, 2.45) is 5.10 Å². The van der Waals surface area contributed by atoms with Gasteiger partial charge in [-0.25, -0.2) is 10.9 Å². The molecule has 2 amide bonds. The number of carbonyl (C=O) groups excluding carboxylic acids is 2. The van der Waals surface area contributed by atoms with Crippen LogP contribution in [0.25, 0.3) is 6.08 Å². The highest BCUT2D eigenvalue weighted by atomic mass is 16.5. The van der Waals surface area contributed by atoms with E-state index in [2.05, 4.69) is 17.1 Å². The molecule has 1 aromatic rings. The van der Waals surface area contributed by atoms with Crippen molar-refractivity contribution in [1.29, 1.82) is 0 Å². The van der Waals surface area contributed by atoms with Crippen LogP contribution in [0.4, 0.5) is 0 Å². The van der Waals surface area contributed by atoms with E-state index in [0.717, 1.165) is 12.5 Å². The molecule has 0 unspecified atom stereocenters. The normalized spacial score (nSPS) is 10.7. The van der Waals surface area contributed by atoms with Crippen LogP contribution in [0.5, 0.6) is 0 Å². The maximum Gasteiger partial charge on any atom is 0.271 e. The van der Waals surface area contributed by atoms with Crippen LogP contribution >= 0.6 is 0 Å². The molecule has 0 fully saturated rings. The molecule has 0 aromatic heterocycles. The van der Waals surface area contributed by atoms with Gasteiger partial charge in [-0.2, -0.15) is 5.10 Å². The first-order valence-corrected chi connectivity index (χ1v) is 6.32. The summed E-state index contributed by atoms with van der Waals surface area (Å²) in [5, 5.41) is 12.2. The largest absolute Gasteiger partial charge is 0.288 e. The molecular formula is C15H17N3O3. The maximum absolute atomic E-state index is 11.8. The monoisotopic (exact) mass is 287 g/mol. The van der Waals surface area contributed by atoms with E-state index in [9.17, 15) is 9.59 Å². The molecule has 3 N–H and O–H groups in total. The van der Waals surface area contributed by atoms with E-state index in [1.54, 1.807) is 36.6 Å². The van der Waals surface area contributed by atoms with Crippen molar-refractivity contribution in [2.75, 3.05) is 0 Å². The van der Waals surface area contributed by atoms with E-state index in [1.807, 2.05) is 0 Å². The van der Waals surface area contributed by atoms with E-state index in [4.69, 9.17) is 5.21 Å². The van der Waals surface area contributed by atoms with Crippen molar-refractivity contribution >= 4 is 24.1 Å². The number of hydroxylamine groups is 1. The van der Waals surface area contributed by atoms with Crippen molar-refractivity contribution in [1.82, 2.24) is 10.9 Å². The molecule has 0 aliphatic rings. The Labute approximate surface area is 122 Å². The second kappa shape index (κ2) is 9.22. The number of hydrazone groups is 1. The first-order chi connectivity index (χ1) is 10.2. The molecule has 0 atom stereocenters. The van der Waals surface area contributed by atoms with Crippen molar-refractivity contribution < 1.29 is 14.8 Å². The number of benzene rings is 1. The average Bonchev–Trinajstić information content (AvgIpc) is 2.52. The Hall–Kier alpha value is -2.73. The minimum absolute atomic E-state index is 0.341. The van der Waals surface area contributed by atoms with Crippen LogP contribution in [-0.4, -0.2) is 23.2 Å². The zero-order valence-corrected chi connectivity index (χ0v) is 11.5. The summed E-state index contributed by atoms with van der Waals surface area (Å²) < 4.78 is 0. The summed E-state index contributed by atoms with van der Waals surface area (Å²) in [7, 11) is 0. The first kappa shape index (κ1) is 16.3. The first-order valence-electron chi connectivity index (χ1n) is 6.32. The fourth-order valence-electron chi connectivity index (χ4n) is 1.42. The van der Waals surface area contributed by atoms with E-state index >= 15 is 0 Å². The summed E-state index contributed by atoms with van der Waals surface area (Å²) in [6.45, 7) is 3.59. The standard InChI is InChI=1S/C15H17N3O3/c1-2-3-4-10-16-17-15(20)13-7-5-6-12(11-13)8-9-14(19)18-21/h2,5-11,21H,1,3-4H2,(H,17,20)(H,18,19). The van der Waals surface area contributed by atoms with E-state index in [-0.39, 0.29) is 5.91 Å². The van der Waals surface area contributed by atoms with Crippen LogP contribution in [0, 0.1) is 0 Å². The Morgan fingerprint density at radius 2 is 2.14 bits per heavy atom. The van der Waals surface area contributed by atoms with Gasteiger partial charge < -0.3 is 0 Å². The third-order valence-electron chi connectivity index (χ3n) is 2.44. The van der Waals surface area contributed by atoms with E-state index < -0.39 is 5.91 Å². The van der Waals surface area contributed by atoms with Crippen molar-refractivity contribution in [3.63, 3.8) is 0 Å². The SMILES string of the molecule is C=CCCC=NNC(=O)c1cccc(C=CC(=O)NO)c1. The van der Waals surface area contributed by atoms with Gasteiger partial charge in [-0.05, 0) is 36.6 Å². The molecule has 21 heavy (non-hydrogen) atoms. The molecule has 6 nitrogen and oxygen atoms in total. The van der Waals surface area contributed by atoms with Crippen molar-refractivity contribution in [3.8, 4) is 0 Å². The number of nitrogens with zero attached hydrogens (tertiary/aromatic N) is 1. The number of nitrogens with one attached hydrogen (secondary N) is 2. The number of rotatable bonds is 7. The fraction of sp³-hybridized carbons (Fsp3) is 0.133. The van der Waals surface area contributed by atoms with Crippen LogP contribution in [-0.2, 0) is 4.79 Å². The minimum atomic E-state index is -0.642. The van der Waals surface area contributed by atoms with Gasteiger partial charge in [0, 0.05) is 17.9 Å². The molecule has 1 rings (SSSR count). The van der Waals surface area contributed by atoms with Gasteiger partial charge in [0.1, 0.15) is 0 Å². The van der Waals surface area contributed by atoms with Crippen LogP contribution in [0.1, 0.15) is 28.8 Å². The van der Waals surface area contributed by atoms with Gasteiger partial charge >= 0.3 is 0 Å². The molecule has 110 valence electrons. The Bertz CT molecular complexity index is 565. The highest BCUT2D eigenvalue weighted by Gasteiger charge is 2.03. The molecular weight excluding hydrogens is 270 g/mol. The molecule has 6 heteroatoms. The number of hydrogen-bond donors (Lipinski definition) is 3. The minimum Gasteiger partial charge on any atom is -0.288 e. The topological polar surface area (TPSA) is 90.8 Å². The van der Waals surface area contributed by atoms with Gasteiger partial charge in [0.2, 0.25) is 0 Å².